The Bertz CT molecular complexity index is 273. The second kappa shape index (κ2) is 4.63. The summed E-state index contributed by atoms with van der Waals surface area (Å²) in [5.41, 5.74) is 4.43. The lowest BCUT2D eigenvalue weighted by molar-refractivity contribution is -0.145. The van der Waals surface area contributed by atoms with E-state index in [1.807, 2.05) is 0 Å². The molecule has 3 N–H and O–H groups in total. The molecule has 0 aliphatic carbocycles. The number of terminal acetylenes is 1. The smallest absolute Gasteiger partial charge is 0.323 e. The largest absolute Gasteiger partial charge is 0.480 e. The summed E-state index contributed by atoms with van der Waals surface area (Å²) >= 11 is 0. The van der Waals surface area contributed by atoms with Crippen molar-refractivity contribution in [2.75, 3.05) is 13.1 Å². The number of rotatable bonds is 4. The Balaban J connectivity index is 4.59. The van der Waals surface area contributed by atoms with Gasteiger partial charge in [0.2, 0.25) is 5.91 Å². The number of aliphatic carboxylic acids is 1. The van der Waals surface area contributed by atoms with E-state index in [1.165, 1.54) is 13.8 Å². The summed E-state index contributed by atoms with van der Waals surface area (Å²) in [6.07, 6.45) is 5.01. The van der Waals surface area contributed by atoms with E-state index in [2.05, 4.69) is 5.92 Å². The summed E-state index contributed by atoms with van der Waals surface area (Å²) in [5, 5.41) is 8.52. The van der Waals surface area contributed by atoms with Gasteiger partial charge in [-0.3, -0.25) is 9.59 Å². The van der Waals surface area contributed by atoms with Crippen molar-refractivity contribution in [1.82, 2.24) is 4.90 Å². The van der Waals surface area contributed by atoms with Crippen molar-refractivity contribution < 1.29 is 14.7 Å². The minimum atomic E-state index is -1.11. The van der Waals surface area contributed by atoms with Crippen molar-refractivity contribution in [2.24, 2.45) is 5.73 Å². The van der Waals surface area contributed by atoms with Crippen LogP contribution in [0.5, 0.6) is 0 Å². The molecule has 0 atom stereocenters. The van der Waals surface area contributed by atoms with Crippen molar-refractivity contribution in [2.45, 2.75) is 19.4 Å². The minimum Gasteiger partial charge on any atom is -0.480 e. The maximum Gasteiger partial charge on any atom is 0.323 e. The quantitative estimate of drug-likeness (QED) is 0.583. The van der Waals surface area contributed by atoms with Crippen LogP contribution in [-0.2, 0) is 9.59 Å². The molecular weight excluding hydrogens is 184 g/mol. The van der Waals surface area contributed by atoms with Gasteiger partial charge >= 0.3 is 5.97 Å². The monoisotopic (exact) mass is 198 g/mol. The van der Waals surface area contributed by atoms with Gasteiger partial charge < -0.3 is 15.7 Å². The van der Waals surface area contributed by atoms with Gasteiger partial charge in [0.25, 0.3) is 0 Å². The molecule has 0 radical (unpaired) electrons. The van der Waals surface area contributed by atoms with E-state index < -0.39 is 24.0 Å². The molecule has 0 spiro atoms. The van der Waals surface area contributed by atoms with Gasteiger partial charge in [-0.05, 0) is 13.8 Å². The normalized spacial score (nSPS) is 10.4. The zero-order valence-electron chi connectivity index (χ0n) is 8.28. The fourth-order valence-electron chi connectivity index (χ4n) is 0.880. The summed E-state index contributed by atoms with van der Waals surface area (Å²) < 4.78 is 0. The van der Waals surface area contributed by atoms with Crippen molar-refractivity contribution in [3.63, 3.8) is 0 Å². The highest BCUT2D eigenvalue weighted by molar-refractivity contribution is 5.88. The lowest BCUT2D eigenvalue weighted by Crippen LogP contribution is -2.52. The number of carbonyl (C=O) groups is 2. The number of carboxylic acids is 1. The second-order valence-corrected chi connectivity index (χ2v) is 3.48. The molecule has 0 aliphatic rings. The Morgan fingerprint density at radius 2 is 2.07 bits per heavy atom. The van der Waals surface area contributed by atoms with Crippen LogP contribution in [0.2, 0.25) is 0 Å². The van der Waals surface area contributed by atoms with Gasteiger partial charge in [-0.1, -0.05) is 5.92 Å². The fourth-order valence-corrected chi connectivity index (χ4v) is 0.880. The van der Waals surface area contributed by atoms with Crippen LogP contribution in [0.1, 0.15) is 13.8 Å². The predicted molar refractivity (Wildman–Crippen MR) is 51.3 cm³/mol. The average molecular weight is 198 g/mol. The molecule has 0 aromatic rings. The molecule has 0 bridgehead atoms. The second-order valence-electron chi connectivity index (χ2n) is 3.48. The van der Waals surface area contributed by atoms with E-state index in [1.54, 1.807) is 0 Å². The van der Waals surface area contributed by atoms with Gasteiger partial charge in [0.1, 0.15) is 6.54 Å². The van der Waals surface area contributed by atoms with Crippen molar-refractivity contribution >= 4 is 11.9 Å². The Hall–Kier alpha value is -1.54. The molecule has 0 aliphatic heterocycles. The summed E-state index contributed by atoms with van der Waals surface area (Å²) in [4.78, 5) is 23.0. The number of hydrogen-bond acceptors (Lipinski definition) is 3. The Kier molecular flexibility index (Phi) is 4.12. The van der Waals surface area contributed by atoms with Crippen LogP contribution in [0.4, 0.5) is 0 Å². The van der Waals surface area contributed by atoms with Gasteiger partial charge in [0.15, 0.2) is 0 Å². The molecule has 5 nitrogen and oxygen atoms in total. The Labute approximate surface area is 82.9 Å². The first-order chi connectivity index (χ1) is 6.29. The highest BCUT2D eigenvalue weighted by Gasteiger charge is 2.28. The molecule has 0 heterocycles. The molecule has 0 aromatic heterocycles. The third-order valence-electron chi connectivity index (χ3n) is 1.45. The number of hydrogen-bond donors (Lipinski definition) is 2. The van der Waals surface area contributed by atoms with Gasteiger partial charge in [-0.25, -0.2) is 0 Å². The highest BCUT2D eigenvalue weighted by Crippen LogP contribution is 2.03. The van der Waals surface area contributed by atoms with Crippen LogP contribution in [0.25, 0.3) is 0 Å². The van der Waals surface area contributed by atoms with Crippen LogP contribution < -0.4 is 5.73 Å². The standard InChI is InChI=1S/C9H14N2O3/c1-4-5-11(6-7(12)13)8(14)9(2,3)10/h1H,5-6,10H2,2-3H3,(H,12,13). The fraction of sp³-hybridized carbons (Fsp3) is 0.556. The van der Waals surface area contributed by atoms with E-state index in [-0.39, 0.29) is 6.54 Å². The number of amides is 1. The van der Waals surface area contributed by atoms with E-state index >= 15 is 0 Å². The maximum absolute atomic E-state index is 11.5. The molecule has 0 saturated heterocycles. The molecule has 0 unspecified atom stereocenters. The zero-order valence-corrected chi connectivity index (χ0v) is 8.28. The maximum atomic E-state index is 11.5. The lowest BCUT2D eigenvalue weighted by atomic mass is 10.1. The SMILES string of the molecule is C#CCN(CC(=O)O)C(=O)C(C)(C)N. The first-order valence-corrected chi connectivity index (χ1v) is 4.02. The van der Waals surface area contributed by atoms with Crippen LogP contribution in [0.3, 0.4) is 0 Å². The van der Waals surface area contributed by atoms with Crippen LogP contribution in [0.15, 0.2) is 0 Å². The van der Waals surface area contributed by atoms with Crippen LogP contribution in [0, 0.1) is 12.3 Å². The van der Waals surface area contributed by atoms with Crippen molar-refractivity contribution in [3.05, 3.63) is 0 Å². The Morgan fingerprint density at radius 1 is 1.57 bits per heavy atom. The summed E-state index contributed by atoms with van der Waals surface area (Å²) in [6.45, 7) is 2.52. The van der Waals surface area contributed by atoms with Gasteiger partial charge in [0.05, 0.1) is 12.1 Å². The number of carboxylic acid groups (broad SMARTS) is 1. The summed E-state index contributed by atoms with van der Waals surface area (Å²) in [5.74, 6) is 0.625. The molecule has 1 amide bonds. The number of nitrogens with zero attached hydrogens (tertiary/aromatic N) is 1. The van der Waals surface area contributed by atoms with E-state index in [4.69, 9.17) is 17.3 Å². The third kappa shape index (κ3) is 3.92. The molecule has 0 aromatic carbocycles. The Morgan fingerprint density at radius 3 is 2.36 bits per heavy atom. The van der Waals surface area contributed by atoms with Crippen LogP contribution >= 0.6 is 0 Å². The van der Waals surface area contributed by atoms with Crippen molar-refractivity contribution in [3.8, 4) is 12.3 Å². The summed E-state index contributed by atoms with van der Waals surface area (Å²) in [7, 11) is 0. The molecular formula is C9H14N2O3. The third-order valence-corrected chi connectivity index (χ3v) is 1.45. The molecule has 5 heteroatoms. The van der Waals surface area contributed by atoms with E-state index in [0.717, 1.165) is 4.90 Å². The topological polar surface area (TPSA) is 83.6 Å². The number of carbonyl (C=O) groups excluding carboxylic acids is 1. The van der Waals surface area contributed by atoms with Gasteiger partial charge in [-0.2, -0.15) is 0 Å². The number of nitrogens with two attached hydrogens (primary N) is 1. The zero-order chi connectivity index (χ0) is 11.4. The molecule has 14 heavy (non-hydrogen) atoms. The average Bonchev–Trinajstić information content (AvgIpc) is 2.00. The van der Waals surface area contributed by atoms with Gasteiger partial charge in [-0.15, -0.1) is 6.42 Å². The van der Waals surface area contributed by atoms with E-state index in [9.17, 15) is 9.59 Å². The van der Waals surface area contributed by atoms with Crippen LogP contribution in [-0.4, -0.2) is 40.5 Å². The minimum absolute atomic E-state index is 0.0498. The molecule has 0 rings (SSSR count). The highest BCUT2D eigenvalue weighted by atomic mass is 16.4. The molecule has 78 valence electrons. The first-order valence-electron chi connectivity index (χ1n) is 4.02. The summed E-state index contributed by atoms with van der Waals surface area (Å²) in [6, 6.07) is 0. The first kappa shape index (κ1) is 12.5. The molecule has 0 fully saturated rings. The predicted octanol–water partition coefficient (Wildman–Crippen LogP) is -0.730. The lowest BCUT2D eigenvalue weighted by Gasteiger charge is -2.26. The van der Waals surface area contributed by atoms with E-state index in [0.29, 0.717) is 0 Å². The van der Waals surface area contributed by atoms with Gasteiger partial charge in [0, 0.05) is 0 Å². The van der Waals surface area contributed by atoms with Crippen molar-refractivity contribution in [1.29, 1.82) is 0 Å². The molecule has 0 saturated carbocycles.